The predicted octanol–water partition coefficient (Wildman–Crippen LogP) is 1.49. The molecule has 1 aromatic heterocycles. The standard InChI is InChI=1S/C18H27N3O4S/c1-15(22)24-10-11-26-14-17(23)19-7-4-5-9-25-18-12-16(6-8-20-18)13-21(2)3/h4-6,8,12H,7,9-11,13-14H2,1-3H3,(H,19,23). The van der Waals surface area contributed by atoms with Gasteiger partial charge in [-0.1, -0.05) is 6.08 Å². The van der Waals surface area contributed by atoms with Crippen molar-refractivity contribution < 1.29 is 19.1 Å². The highest BCUT2D eigenvalue weighted by atomic mass is 32.2. The van der Waals surface area contributed by atoms with Crippen LogP contribution in [0, 0.1) is 0 Å². The summed E-state index contributed by atoms with van der Waals surface area (Å²) in [5, 5.41) is 2.78. The summed E-state index contributed by atoms with van der Waals surface area (Å²) in [5.41, 5.74) is 1.14. The Balaban J connectivity index is 2.12. The van der Waals surface area contributed by atoms with Gasteiger partial charge in [-0.05, 0) is 31.8 Å². The first kappa shape index (κ1) is 22.0. The first-order valence-electron chi connectivity index (χ1n) is 8.32. The van der Waals surface area contributed by atoms with Crippen molar-refractivity contribution in [1.82, 2.24) is 15.2 Å². The van der Waals surface area contributed by atoms with Crippen LogP contribution in [0.5, 0.6) is 5.88 Å². The predicted molar refractivity (Wildman–Crippen MR) is 103 cm³/mol. The number of nitrogens with zero attached hydrogens (tertiary/aromatic N) is 2. The van der Waals surface area contributed by atoms with Crippen LogP contribution in [0.15, 0.2) is 30.5 Å². The van der Waals surface area contributed by atoms with Crippen LogP contribution in [0.1, 0.15) is 12.5 Å². The van der Waals surface area contributed by atoms with Crippen molar-refractivity contribution in [3.63, 3.8) is 0 Å². The summed E-state index contributed by atoms with van der Waals surface area (Å²) >= 11 is 1.42. The Bertz CT molecular complexity index is 594. The second-order valence-electron chi connectivity index (χ2n) is 5.72. The maximum Gasteiger partial charge on any atom is 0.302 e. The zero-order chi connectivity index (χ0) is 19.2. The van der Waals surface area contributed by atoms with Gasteiger partial charge in [-0.25, -0.2) is 4.98 Å². The van der Waals surface area contributed by atoms with Crippen LogP contribution in [0.25, 0.3) is 0 Å². The number of esters is 1. The molecular formula is C18H27N3O4S. The van der Waals surface area contributed by atoms with Crippen LogP contribution < -0.4 is 10.1 Å². The van der Waals surface area contributed by atoms with Crippen molar-refractivity contribution in [2.45, 2.75) is 13.5 Å². The van der Waals surface area contributed by atoms with Crippen molar-refractivity contribution in [1.29, 1.82) is 0 Å². The lowest BCUT2D eigenvalue weighted by molar-refractivity contribution is -0.140. The number of thioether (sulfide) groups is 1. The third-order valence-electron chi connectivity index (χ3n) is 2.98. The largest absolute Gasteiger partial charge is 0.473 e. The Labute approximate surface area is 159 Å². The fourth-order valence-corrected chi connectivity index (χ4v) is 2.54. The van der Waals surface area contributed by atoms with Crippen molar-refractivity contribution >= 4 is 23.6 Å². The van der Waals surface area contributed by atoms with Gasteiger partial charge in [-0.2, -0.15) is 0 Å². The molecule has 0 aliphatic heterocycles. The van der Waals surface area contributed by atoms with E-state index in [1.165, 1.54) is 18.7 Å². The van der Waals surface area contributed by atoms with Crippen LogP contribution in [-0.2, 0) is 20.9 Å². The molecule has 144 valence electrons. The highest BCUT2D eigenvalue weighted by Gasteiger charge is 2.01. The number of amides is 1. The van der Waals surface area contributed by atoms with Crippen LogP contribution >= 0.6 is 11.8 Å². The van der Waals surface area contributed by atoms with Crippen LogP contribution in [-0.4, -0.2) is 67.1 Å². The zero-order valence-electron chi connectivity index (χ0n) is 15.6. The normalized spacial score (nSPS) is 10.9. The van der Waals surface area contributed by atoms with E-state index in [4.69, 9.17) is 9.47 Å². The minimum Gasteiger partial charge on any atom is -0.473 e. The molecule has 1 N–H and O–H groups in total. The molecule has 1 amide bonds. The lowest BCUT2D eigenvalue weighted by Gasteiger charge is -2.10. The number of hydrogen-bond acceptors (Lipinski definition) is 7. The first-order valence-corrected chi connectivity index (χ1v) is 9.48. The van der Waals surface area contributed by atoms with Crippen molar-refractivity contribution in [3.05, 3.63) is 36.0 Å². The summed E-state index contributed by atoms with van der Waals surface area (Å²) in [6.45, 7) is 3.37. The molecular weight excluding hydrogens is 354 g/mol. The summed E-state index contributed by atoms with van der Waals surface area (Å²) in [6.07, 6.45) is 5.41. The van der Waals surface area contributed by atoms with Gasteiger partial charge in [-0.15, -0.1) is 11.8 Å². The van der Waals surface area contributed by atoms with Gasteiger partial charge >= 0.3 is 5.97 Å². The number of pyridine rings is 1. The van der Waals surface area contributed by atoms with Crippen molar-refractivity contribution in [2.24, 2.45) is 0 Å². The molecule has 8 heteroatoms. The summed E-state index contributed by atoms with van der Waals surface area (Å²) in [5.74, 6) is 1.18. The Hall–Kier alpha value is -2.06. The minimum absolute atomic E-state index is 0.0542. The summed E-state index contributed by atoms with van der Waals surface area (Å²) in [7, 11) is 4.02. The Morgan fingerprint density at radius 1 is 1.35 bits per heavy atom. The van der Waals surface area contributed by atoms with E-state index in [1.807, 2.05) is 38.4 Å². The van der Waals surface area contributed by atoms with Crippen LogP contribution in [0.2, 0.25) is 0 Å². The number of ether oxygens (including phenoxy) is 2. The second-order valence-corrected chi connectivity index (χ2v) is 6.82. The van der Waals surface area contributed by atoms with Gasteiger partial charge in [0, 0.05) is 38.0 Å². The van der Waals surface area contributed by atoms with Gasteiger partial charge in [-0.3, -0.25) is 9.59 Å². The number of nitrogens with one attached hydrogen (secondary N) is 1. The monoisotopic (exact) mass is 381 g/mol. The minimum atomic E-state index is -0.304. The first-order chi connectivity index (χ1) is 12.5. The van der Waals surface area contributed by atoms with Gasteiger partial charge < -0.3 is 19.7 Å². The fraction of sp³-hybridized carbons (Fsp3) is 0.500. The van der Waals surface area contributed by atoms with E-state index < -0.39 is 0 Å². The van der Waals surface area contributed by atoms with E-state index in [0.29, 0.717) is 37.1 Å². The Kier molecular flexibility index (Phi) is 11.1. The zero-order valence-corrected chi connectivity index (χ0v) is 16.4. The van der Waals surface area contributed by atoms with E-state index in [1.54, 1.807) is 6.20 Å². The van der Waals surface area contributed by atoms with Gasteiger partial charge in [0.15, 0.2) is 0 Å². The molecule has 1 heterocycles. The number of aromatic nitrogens is 1. The lowest BCUT2D eigenvalue weighted by atomic mass is 10.2. The van der Waals surface area contributed by atoms with E-state index in [2.05, 4.69) is 15.2 Å². The number of rotatable bonds is 12. The van der Waals surface area contributed by atoms with Gasteiger partial charge in [0.05, 0.1) is 5.75 Å². The topological polar surface area (TPSA) is 80.8 Å². The molecule has 0 aromatic carbocycles. The maximum absolute atomic E-state index is 11.6. The van der Waals surface area contributed by atoms with Crippen molar-refractivity contribution in [2.75, 3.05) is 45.4 Å². The molecule has 0 radical (unpaired) electrons. The average molecular weight is 381 g/mol. The van der Waals surface area contributed by atoms with Gasteiger partial charge in [0.1, 0.15) is 13.2 Å². The molecule has 0 bridgehead atoms. The van der Waals surface area contributed by atoms with Crippen molar-refractivity contribution in [3.8, 4) is 5.88 Å². The molecule has 1 rings (SSSR count). The average Bonchev–Trinajstić information content (AvgIpc) is 2.57. The van der Waals surface area contributed by atoms with Gasteiger partial charge in [0.25, 0.3) is 0 Å². The molecule has 0 saturated carbocycles. The molecule has 0 aliphatic rings. The molecule has 0 atom stereocenters. The third-order valence-corrected chi connectivity index (χ3v) is 3.90. The Morgan fingerprint density at radius 3 is 2.88 bits per heavy atom. The number of carbonyl (C=O) groups excluding carboxylic acids is 2. The van der Waals surface area contributed by atoms with Crippen LogP contribution in [0.3, 0.4) is 0 Å². The fourth-order valence-electron chi connectivity index (χ4n) is 1.91. The third kappa shape index (κ3) is 11.5. The molecule has 0 fully saturated rings. The lowest BCUT2D eigenvalue weighted by Crippen LogP contribution is -2.25. The molecule has 0 unspecified atom stereocenters. The molecule has 7 nitrogen and oxygen atoms in total. The highest BCUT2D eigenvalue weighted by Crippen LogP contribution is 2.10. The molecule has 26 heavy (non-hydrogen) atoms. The summed E-state index contributed by atoms with van der Waals surface area (Å²) in [6, 6.07) is 3.88. The van der Waals surface area contributed by atoms with E-state index in [0.717, 1.165) is 12.1 Å². The summed E-state index contributed by atoms with van der Waals surface area (Å²) in [4.78, 5) is 28.4. The second kappa shape index (κ2) is 13.2. The highest BCUT2D eigenvalue weighted by molar-refractivity contribution is 7.99. The van der Waals surface area contributed by atoms with E-state index in [9.17, 15) is 9.59 Å². The van der Waals surface area contributed by atoms with Crippen LogP contribution in [0.4, 0.5) is 0 Å². The van der Waals surface area contributed by atoms with E-state index >= 15 is 0 Å². The smallest absolute Gasteiger partial charge is 0.302 e. The molecule has 0 aliphatic carbocycles. The quantitative estimate of drug-likeness (QED) is 0.334. The molecule has 0 saturated heterocycles. The molecule has 0 spiro atoms. The Morgan fingerprint density at radius 2 is 2.15 bits per heavy atom. The number of hydrogen-bond donors (Lipinski definition) is 1. The van der Waals surface area contributed by atoms with E-state index in [-0.39, 0.29) is 11.9 Å². The number of carbonyl (C=O) groups is 2. The SMILES string of the molecule is CC(=O)OCCSCC(=O)NCC=CCOc1cc(CN(C)C)ccn1. The maximum atomic E-state index is 11.6. The summed E-state index contributed by atoms with van der Waals surface area (Å²) < 4.78 is 10.4. The molecule has 1 aromatic rings. The van der Waals surface area contributed by atoms with Gasteiger partial charge in [0.2, 0.25) is 11.8 Å².